The molecule has 2 radical (unpaired) electrons. The van der Waals surface area contributed by atoms with E-state index in [9.17, 15) is 4.79 Å². The maximum absolute atomic E-state index is 12.4. The van der Waals surface area contributed by atoms with Gasteiger partial charge in [-0.3, -0.25) is 14.7 Å². The molecule has 1 aliphatic rings. The van der Waals surface area contributed by atoms with Crippen LogP contribution in [0, 0.1) is 0 Å². The van der Waals surface area contributed by atoms with Crippen molar-refractivity contribution >= 4 is 25.2 Å². The summed E-state index contributed by atoms with van der Waals surface area (Å²) in [6, 6.07) is 9.46. The fourth-order valence-electron chi connectivity index (χ4n) is 2.59. The van der Waals surface area contributed by atoms with Crippen LogP contribution in [0.15, 0.2) is 47.7 Å². The molecular weight excluding hydrogens is 275 g/mol. The molecule has 0 aliphatic carbocycles. The Morgan fingerprint density at radius 2 is 2.00 bits per heavy atom. The fraction of sp³-hybridized carbons (Fsp3) is 0.188. The smallest absolute Gasteiger partial charge is 0.261 e. The zero-order chi connectivity index (χ0) is 15.9. The topological polar surface area (TPSA) is 71.6 Å². The minimum Gasteiger partial charge on any atom is -0.369 e. The zero-order valence-electron chi connectivity index (χ0n) is 12.4. The van der Waals surface area contributed by atoms with Gasteiger partial charge in [-0.2, -0.15) is 0 Å². The summed E-state index contributed by atoms with van der Waals surface area (Å²) >= 11 is 0. The summed E-state index contributed by atoms with van der Waals surface area (Å²) in [5.74, 6) is 0.0800. The van der Waals surface area contributed by atoms with Crippen LogP contribution in [0.25, 0.3) is 11.1 Å². The van der Waals surface area contributed by atoms with Crippen molar-refractivity contribution in [3.8, 4) is 11.1 Å². The van der Waals surface area contributed by atoms with Crippen LogP contribution in [0.2, 0.25) is 0 Å². The van der Waals surface area contributed by atoms with Crippen LogP contribution in [0.1, 0.15) is 12.5 Å². The Kier molecular flexibility index (Phi) is 3.24. The first-order chi connectivity index (χ1) is 10.4. The number of guanidine groups is 1. The summed E-state index contributed by atoms with van der Waals surface area (Å²) in [7, 11) is 7.40. The largest absolute Gasteiger partial charge is 0.369 e. The van der Waals surface area contributed by atoms with E-state index in [0.717, 1.165) is 16.7 Å². The van der Waals surface area contributed by atoms with Crippen LogP contribution >= 0.6 is 0 Å². The summed E-state index contributed by atoms with van der Waals surface area (Å²) in [4.78, 5) is 22.2. The summed E-state index contributed by atoms with van der Waals surface area (Å²) in [6.07, 6.45) is 3.33. The fourth-order valence-corrected chi connectivity index (χ4v) is 2.59. The predicted octanol–water partition coefficient (Wildman–Crippen LogP) is 0.544. The second-order valence-electron chi connectivity index (χ2n) is 5.49. The number of nitrogens with zero attached hydrogens (tertiary/aromatic N) is 3. The molecule has 2 N–H and O–H groups in total. The van der Waals surface area contributed by atoms with E-state index in [1.807, 2.05) is 30.3 Å². The van der Waals surface area contributed by atoms with Crippen LogP contribution in [0.3, 0.4) is 0 Å². The highest BCUT2D eigenvalue weighted by Gasteiger charge is 2.43. The van der Waals surface area contributed by atoms with Crippen molar-refractivity contribution in [2.24, 2.45) is 10.7 Å². The predicted molar refractivity (Wildman–Crippen MR) is 86.8 cm³/mol. The average molecular weight is 290 g/mol. The molecule has 5 nitrogen and oxygen atoms in total. The van der Waals surface area contributed by atoms with E-state index in [1.54, 1.807) is 26.4 Å². The van der Waals surface area contributed by atoms with Crippen molar-refractivity contribution in [3.63, 3.8) is 0 Å². The molecule has 1 unspecified atom stereocenters. The number of benzene rings is 1. The number of carbonyl (C=O) groups excluding carboxylic acids is 1. The molecule has 2 heterocycles. The van der Waals surface area contributed by atoms with E-state index in [4.69, 9.17) is 13.6 Å². The van der Waals surface area contributed by atoms with Crippen LogP contribution in [0.5, 0.6) is 0 Å². The second-order valence-corrected chi connectivity index (χ2v) is 5.49. The number of likely N-dealkylation sites (N-methyl/N-ethyl adjacent to an activating group) is 1. The third kappa shape index (κ3) is 2.17. The first-order valence-corrected chi connectivity index (χ1v) is 6.87. The van der Waals surface area contributed by atoms with Gasteiger partial charge >= 0.3 is 0 Å². The lowest BCUT2D eigenvalue weighted by molar-refractivity contribution is -0.130. The van der Waals surface area contributed by atoms with Gasteiger partial charge < -0.3 is 5.73 Å². The first-order valence-electron chi connectivity index (χ1n) is 6.87. The molecule has 1 aromatic heterocycles. The molecule has 0 spiro atoms. The normalized spacial score (nSPS) is 21.1. The molecule has 1 amide bonds. The summed E-state index contributed by atoms with van der Waals surface area (Å²) in [5.41, 5.74) is 7.97. The molecule has 0 fully saturated rings. The minimum atomic E-state index is -0.997. The molecule has 1 aromatic carbocycles. The summed E-state index contributed by atoms with van der Waals surface area (Å²) in [6.45, 7) is 1.77. The van der Waals surface area contributed by atoms with Crippen LogP contribution in [-0.2, 0) is 10.3 Å². The van der Waals surface area contributed by atoms with Gasteiger partial charge in [-0.15, -0.1) is 0 Å². The van der Waals surface area contributed by atoms with Crippen LogP contribution in [0.4, 0.5) is 0 Å². The van der Waals surface area contributed by atoms with Crippen molar-refractivity contribution in [1.29, 1.82) is 0 Å². The van der Waals surface area contributed by atoms with E-state index in [1.165, 1.54) is 4.90 Å². The zero-order valence-corrected chi connectivity index (χ0v) is 12.4. The standard InChI is InChI=1S/C16H15BN4O/c1-16(14(22)21(2)15(18)20-16)12-5-3-4-10(6-12)11-7-13(17)9-19-8-11/h3-9H,1-2H3,(H2,18,20). The monoisotopic (exact) mass is 290 g/mol. The van der Waals surface area contributed by atoms with Gasteiger partial charge in [0.1, 0.15) is 7.85 Å². The Balaban J connectivity index is 2.08. The lowest BCUT2D eigenvalue weighted by Crippen LogP contribution is -2.38. The molecule has 0 saturated heterocycles. The van der Waals surface area contributed by atoms with Gasteiger partial charge in [0.15, 0.2) is 11.5 Å². The van der Waals surface area contributed by atoms with Gasteiger partial charge in [0.25, 0.3) is 5.91 Å². The maximum Gasteiger partial charge on any atom is 0.261 e. The van der Waals surface area contributed by atoms with Crippen molar-refractivity contribution in [1.82, 2.24) is 9.88 Å². The SMILES string of the molecule is [B]c1cncc(-c2cccc(C3(C)N=C(N)N(C)C3=O)c2)c1. The van der Waals surface area contributed by atoms with Gasteiger partial charge in [-0.1, -0.05) is 29.7 Å². The molecule has 2 aromatic rings. The number of carbonyl (C=O) groups is 1. The Morgan fingerprint density at radius 3 is 2.64 bits per heavy atom. The second kappa shape index (κ2) is 4.98. The van der Waals surface area contributed by atoms with E-state index in [2.05, 4.69) is 9.98 Å². The number of pyridine rings is 1. The average Bonchev–Trinajstić information content (AvgIpc) is 2.72. The van der Waals surface area contributed by atoms with E-state index >= 15 is 0 Å². The number of aromatic nitrogens is 1. The van der Waals surface area contributed by atoms with Gasteiger partial charge in [0.05, 0.1) is 0 Å². The number of hydrogen-bond donors (Lipinski definition) is 1. The Morgan fingerprint density at radius 1 is 1.23 bits per heavy atom. The minimum absolute atomic E-state index is 0.146. The van der Waals surface area contributed by atoms with Crippen molar-refractivity contribution < 1.29 is 4.79 Å². The van der Waals surface area contributed by atoms with Crippen molar-refractivity contribution in [2.75, 3.05) is 7.05 Å². The van der Waals surface area contributed by atoms with Crippen LogP contribution < -0.4 is 11.2 Å². The van der Waals surface area contributed by atoms with Crippen molar-refractivity contribution in [2.45, 2.75) is 12.5 Å². The van der Waals surface area contributed by atoms with Crippen LogP contribution in [-0.4, -0.2) is 36.6 Å². The van der Waals surface area contributed by atoms with Gasteiger partial charge in [-0.25, -0.2) is 4.99 Å². The molecule has 0 bridgehead atoms. The Hall–Kier alpha value is -2.63. The summed E-state index contributed by atoms with van der Waals surface area (Å²) in [5, 5.41) is 0. The molecular formula is C16H15BN4O. The lowest BCUT2D eigenvalue weighted by atomic mass is 9.89. The lowest BCUT2D eigenvalue weighted by Gasteiger charge is -2.21. The van der Waals surface area contributed by atoms with E-state index < -0.39 is 5.54 Å². The molecule has 108 valence electrons. The van der Waals surface area contributed by atoms with Gasteiger partial charge in [-0.05, 0) is 29.7 Å². The number of nitrogens with two attached hydrogens (primary N) is 1. The molecule has 3 rings (SSSR count). The molecule has 1 aliphatic heterocycles. The quantitative estimate of drug-likeness (QED) is 0.821. The Labute approximate surface area is 130 Å². The molecule has 22 heavy (non-hydrogen) atoms. The number of hydrogen-bond acceptors (Lipinski definition) is 4. The van der Waals surface area contributed by atoms with Crippen molar-refractivity contribution in [3.05, 3.63) is 48.3 Å². The summed E-state index contributed by atoms with van der Waals surface area (Å²) < 4.78 is 0. The highest BCUT2D eigenvalue weighted by Crippen LogP contribution is 2.33. The number of aliphatic imine (C=N–C) groups is 1. The number of rotatable bonds is 2. The highest BCUT2D eigenvalue weighted by molar-refractivity contribution is 6.32. The van der Waals surface area contributed by atoms with Gasteiger partial charge in [0.2, 0.25) is 0 Å². The Bertz CT molecular complexity index is 789. The first kappa shape index (κ1) is 14.3. The molecule has 1 atom stereocenters. The van der Waals surface area contributed by atoms with E-state index in [-0.39, 0.29) is 11.9 Å². The number of amides is 1. The maximum atomic E-state index is 12.4. The molecule has 0 saturated carbocycles. The molecule has 6 heteroatoms. The van der Waals surface area contributed by atoms with Gasteiger partial charge in [0, 0.05) is 19.4 Å². The highest BCUT2D eigenvalue weighted by atomic mass is 16.2. The third-order valence-electron chi connectivity index (χ3n) is 3.92. The van der Waals surface area contributed by atoms with E-state index in [0.29, 0.717) is 5.46 Å². The third-order valence-corrected chi connectivity index (χ3v) is 3.92.